The van der Waals surface area contributed by atoms with Gasteiger partial charge in [-0.3, -0.25) is 9.59 Å². The van der Waals surface area contributed by atoms with E-state index in [1.54, 1.807) is 45.0 Å². The molecule has 2 unspecified atom stereocenters. The number of carboxylic acid groups (broad SMARTS) is 1. The van der Waals surface area contributed by atoms with Crippen molar-refractivity contribution in [3.05, 3.63) is 35.4 Å². The van der Waals surface area contributed by atoms with Gasteiger partial charge in [-0.25, -0.2) is 14.5 Å². The van der Waals surface area contributed by atoms with Crippen LogP contribution in [0.5, 0.6) is 0 Å². The van der Waals surface area contributed by atoms with Crippen LogP contribution in [-0.4, -0.2) is 53.2 Å². The van der Waals surface area contributed by atoms with Gasteiger partial charge in [-0.05, 0) is 70.1 Å². The van der Waals surface area contributed by atoms with Gasteiger partial charge in [0.25, 0.3) is 0 Å². The predicted octanol–water partition coefficient (Wildman–Crippen LogP) is 3.28. The van der Waals surface area contributed by atoms with Crippen molar-refractivity contribution in [2.75, 3.05) is 13.7 Å². The van der Waals surface area contributed by atoms with Crippen LogP contribution in [-0.2, 0) is 25.5 Å². The number of hydrogen-bond acceptors (Lipinski definition) is 6. The fourth-order valence-corrected chi connectivity index (χ4v) is 3.45. The molecule has 164 valence electrons. The van der Waals surface area contributed by atoms with Crippen molar-refractivity contribution >= 4 is 23.9 Å². The molecule has 0 aliphatic carbocycles. The third-order valence-electron chi connectivity index (χ3n) is 5.04. The van der Waals surface area contributed by atoms with Crippen molar-refractivity contribution in [2.45, 2.75) is 52.1 Å². The second-order valence-corrected chi connectivity index (χ2v) is 8.48. The molecule has 1 aromatic carbocycles. The lowest BCUT2D eigenvalue weighted by atomic mass is 9.88. The van der Waals surface area contributed by atoms with Gasteiger partial charge in [-0.2, -0.15) is 0 Å². The number of aryl methyl sites for hydroxylation is 1. The maximum absolute atomic E-state index is 12.9. The molecule has 0 saturated carbocycles. The van der Waals surface area contributed by atoms with E-state index in [-0.39, 0.29) is 24.4 Å². The number of carbonyl (C=O) groups excluding carboxylic acids is 3. The summed E-state index contributed by atoms with van der Waals surface area (Å²) in [4.78, 5) is 49.6. The van der Waals surface area contributed by atoms with E-state index in [4.69, 9.17) is 14.6 Å². The molecule has 2 rings (SSSR count). The van der Waals surface area contributed by atoms with Gasteiger partial charge in [-0.1, -0.05) is 12.1 Å². The van der Waals surface area contributed by atoms with E-state index < -0.39 is 35.5 Å². The summed E-state index contributed by atoms with van der Waals surface area (Å²) in [5.74, 6) is -3.27. The number of aromatic carboxylic acids is 1. The highest BCUT2D eigenvalue weighted by Crippen LogP contribution is 2.29. The Morgan fingerprint density at radius 2 is 1.80 bits per heavy atom. The smallest absolute Gasteiger partial charge is 0.417 e. The molecular weight excluding hydrogens is 390 g/mol. The fourth-order valence-electron chi connectivity index (χ4n) is 3.45. The Morgan fingerprint density at radius 1 is 1.17 bits per heavy atom. The number of rotatable bonds is 5. The van der Waals surface area contributed by atoms with Gasteiger partial charge in [0.05, 0.1) is 12.7 Å². The highest BCUT2D eigenvalue weighted by Gasteiger charge is 2.40. The molecule has 2 atom stereocenters. The second kappa shape index (κ2) is 9.73. The molecule has 30 heavy (non-hydrogen) atoms. The quantitative estimate of drug-likeness (QED) is 0.576. The first-order chi connectivity index (χ1) is 14.0. The molecule has 1 aromatic rings. The zero-order valence-corrected chi connectivity index (χ0v) is 17.8. The topological polar surface area (TPSA) is 110 Å². The first-order valence-electron chi connectivity index (χ1n) is 9.96. The maximum Gasteiger partial charge on any atom is 0.417 e. The molecule has 1 aliphatic rings. The normalized spacial score (nSPS) is 19.7. The van der Waals surface area contributed by atoms with Gasteiger partial charge in [0, 0.05) is 6.54 Å². The van der Waals surface area contributed by atoms with E-state index in [9.17, 15) is 19.2 Å². The summed E-state index contributed by atoms with van der Waals surface area (Å²) in [6.07, 6.45) is 1.43. The highest BCUT2D eigenvalue weighted by molar-refractivity contribution is 6.03. The standard InChI is InChI=1S/C22H29NO7/c1-22(2,3)30-21(28)23-12-11-15(13-17(18(23)24)20(27)29-4)6-5-14-7-9-16(10-8-14)19(25)26/h7-10,15,17H,5-6,11-13H2,1-4H3,(H,25,26). The number of amides is 2. The van der Waals surface area contributed by atoms with Crippen LogP contribution in [0, 0.1) is 11.8 Å². The maximum atomic E-state index is 12.9. The average molecular weight is 419 g/mol. The minimum absolute atomic E-state index is 0.0182. The van der Waals surface area contributed by atoms with Gasteiger partial charge >= 0.3 is 18.0 Å². The van der Waals surface area contributed by atoms with E-state index in [0.29, 0.717) is 19.3 Å². The van der Waals surface area contributed by atoms with Crippen molar-refractivity contribution < 1.29 is 33.8 Å². The highest BCUT2D eigenvalue weighted by atomic mass is 16.6. The van der Waals surface area contributed by atoms with Gasteiger partial charge in [-0.15, -0.1) is 0 Å². The van der Waals surface area contributed by atoms with Gasteiger partial charge in [0.1, 0.15) is 11.5 Å². The lowest BCUT2D eigenvalue weighted by Gasteiger charge is -2.26. The Morgan fingerprint density at radius 3 is 2.33 bits per heavy atom. The van der Waals surface area contributed by atoms with Crippen LogP contribution in [0.4, 0.5) is 4.79 Å². The SMILES string of the molecule is COC(=O)C1CC(CCc2ccc(C(=O)O)cc2)CCN(C(=O)OC(C)(C)C)C1=O. The molecule has 1 fully saturated rings. The zero-order chi connectivity index (χ0) is 22.5. The lowest BCUT2D eigenvalue weighted by molar-refractivity contribution is -0.153. The molecular formula is C22H29NO7. The minimum atomic E-state index is -1.05. The van der Waals surface area contributed by atoms with E-state index in [2.05, 4.69) is 0 Å². The summed E-state index contributed by atoms with van der Waals surface area (Å²) in [5, 5.41) is 8.99. The number of imide groups is 1. The Hall–Kier alpha value is -2.90. The average Bonchev–Trinajstić information content (AvgIpc) is 2.83. The Kier molecular flexibility index (Phi) is 7.59. The number of benzene rings is 1. The number of carboxylic acids is 1. The lowest BCUT2D eigenvalue weighted by Crippen LogP contribution is -2.44. The minimum Gasteiger partial charge on any atom is -0.478 e. The van der Waals surface area contributed by atoms with Crippen molar-refractivity contribution in [1.29, 1.82) is 0 Å². The van der Waals surface area contributed by atoms with E-state index >= 15 is 0 Å². The summed E-state index contributed by atoms with van der Waals surface area (Å²) < 4.78 is 10.1. The monoisotopic (exact) mass is 419 g/mol. The van der Waals surface area contributed by atoms with Crippen LogP contribution in [0.1, 0.15) is 56.0 Å². The molecule has 1 saturated heterocycles. The van der Waals surface area contributed by atoms with E-state index in [1.807, 2.05) is 0 Å². The number of hydrogen-bond donors (Lipinski definition) is 1. The molecule has 1 aliphatic heterocycles. The number of likely N-dealkylation sites (tertiary alicyclic amines) is 1. The Bertz CT molecular complexity index is 795. The summed E-state index contributed by atoms with van der Waals surface area (Å²) in [6, 6.07) is 6.62. The molecule has 8 heteroatoms. The van der Waals surface area contributed by atoms with Gasteiger partial charge in [0.2, 0.25) is 5.91 Å². The first kappa shape index (κ1) is 23.4. The molecule has 0 aromatic heterocycles. The van der Waals surface area contributed by atoms with Crippen molar-refractivity contribution in [2.24, 2.45) is 11.8 Å². The molecule has 1 N–H and O–H groups in total. The van der Waals surface area contributed by atoms with Crippen molar-refractivity contribution in [3.8, 4) is 0 Å². The van der Waals surface area contributed by atoms with Crippen LogP contribution in [0.25, 0.3) is 0 Å². The number of nitrogens with zero attached hydrogens (tertiary/aromatic N) is 1. The summed E-state index contributed by atoms with van der Waals surface area (Å²) in [7, 11) is 1.22. The Balaban J connectivity index is 2.11. The summed E-state index contributed by atoms with van der Waals surface area (Å²) in [6.45, 7) is 5.31. The van der Waals surface area contributed by atoms with Crippen LogP contribution < -0.4 is 0 Å². The molecule has 0 radical (unpaired) electrons. The van der Waals surface area contributed by atoms with Crippen LogP contribution >= 0.6 is 0 Å². The summed E-state index contributed by atoms with van der Waals surface area (Å²) in [5.41, 5.74) is 0.429. The van der Waals surface area contributed by atoms with Crippen molar-refractivity contribution in [3.63, 3.8) is 0 Å². The predicted molar refractivity (Wildman–Crippen MR) is 108 cm³/mol. The van der Waals surface area contributed by atoms with E-state index in [1.165, 1.54) is 7.11 Å². The molecule has 0 spiro atoms. The fraction of sp³-hybridized carbons (Fsp3) is 0.545. The Labute approximate surface area is 176 Å². The summed E-state index contributed by atoms with van der Waals surface area (Å²) >= 11 is 0. The van der Waals surface area contributed by atoms with Gasteiger partial charge in [0.15, 0.2) is 0 Å². The largest absolute Gasteiger partial charge is 0.478 e. The van der Waals surface area contributed by atoms with E-state index in [0.717, 1.165) is 10.5 Å². The van der Waals surface area contributed by atoms with Crippen LogP contribution in [0.15, 0.2) is 24.3 Å². The van der Waals surface area contributed by atoms with Crippen molar-refractivity contribution in [1.82, 2.24) is 4.90 Å². The molecule has 0 bridgehead atoms. The number of esters is 1. The zero-order valence-electron chi connectivity index (χ0n) is 17.8. The number of ether oxygens (including phenoxy) is 2. The number of carbonyl (C=O) groups is 4. The second-order valence-electron chi connectivity index (χ2n) is 8.48. The molecule has 1 heterocycles. The first-order valence-corrected chi connectivity index (χ1v) is 9.96. The molecule has 8 nitrogen and oxygen atoms in total. The number of methoxy groups -OCH3 is 1. The third-order valence-corrected chi connectivity index (χ3v) is 5.04. The molecule has 2 amide bonds. The third kappa shape index (κ3) is 6.30. The van der Waals surface area contributed by atoms with Crippen LogP contribution in [0.2, 0.25) is 0 Å². The van der Waals surface area contributed by atoms with Gasteiger partial charge < -0.3 is 14.6 Å². The van der Waals surface area contributed by atoms with Crippen LogP contribution in [0.3, 0.4) is 0 Å².